The number of halogens is 3. The van der Waals surface area contributed by atoms with E-state index in [2.05, 4.69) is 0 Å². The standard InChI is InChI=1S/C9H11ClF2S/c1-9(2,3)6-4-5(10)7(13-6)8(11)12/h4,8H,1-3H3. The van der Waals surface area contributed by atoms with E-state index < -0.39 is 6.43 Å². The molecule has 0 aliphatic carbocycles. The minimum Gasteiger partial charge on any atom is -0.204 e. The smallest absolute Gasteiger partial charge is 0.204 e. The van der Waals surface area contributed by atoms with Gasteiger partial charge in [0.05, 0.1) is 9.90 Å². The second kappa shape index (κ2) is 3.54. The lowest BCUT2D eigenvalue weighted by molar-refractivity contribution is 0.156. The zero-order valence-corrected chi connectivity index (χ0v) is 9.27. The van der Waals surface area contributed by atoms with Crippen LogP contribution in [0.5, 0.6) is 0 Å². The Morgan fingerprint density at radius 2 is 1.92 bits per heavy atom. The first kappa shape index (κ1) is 10.9. The van der Waals surface area contributed by atoms with Gasteiger partial charge in [-0.3, -0.25) is 0 Å². The molecule has 13 heavy (non-hydrogen) atoms. The monoisotopic (exact) mass is 224 g/mol. The molecule has 1 rings (SSSR count). The SMILES string of the molecule is CC(C)(C)c1cc(Cl)c(C(F)F)s1. The maximum absolute atomic E-state index is 12.4. The summed E-state index contributed by atoms with van der Waals surface area (Å²) in [7, 11) is 0. The minimum absolute atomic E-state index is 0.0217. The molecule has 0 fully saturated rings. The maximum atomic E-state index is 12.4. The minimum atomic E-state index is -2.46. The van der Waals surface area contributed by atoms with Crippen LogP contribution in [0.3, 0.4) is 0 Å². The van der Waals surface area contributed by atoms with Gasteiger partial charge < -0.3 is 0 Å². The van der Waals surface area contributed by atoms with Crippen LogP contribution in [0, 0.1) is 0 Å². The summed E-state index contributed by atoms with van der Waals surface area (Å²) in [6, 6.07) is 1.63. The van der Waals surface area contributed by atoms with Crippen LogP contribution in [0.4, 0.5) is 8.78 Å². The van der Waals surface area contributed by atoms with E-state index in [9.17, 15) is 8.78 Å². The molecule has 0 unspecified atom stereocenters. The third-order valence-electron chi connectivity index (χ3n) is 1.65. The number of alkyl halides is 2. The number of hydrogen-bond donors (Lipinski definition) is 0. The molecule has 1 aromatic rings. The van der Waals surface area contributed by atoms with Gasteiger partial charge in [-0.25, -0.2) is 8.78 Å². The summed E-state index contributed by atoms with van der Waals surface area (Å²) >= 11 is 6.77. The van der Waals surface area contributed by atoms with Crippen LogP contribution in [0.25, 0.3) is 0 Å². The van der Waals surface area contributed by atoms with Crippen molar-refractivity contribution in [1.82, 2.24) is 0 Å². The summed E-state index contributed by atoms with van der Waals surface area (Å²) in [4.78, 5) is 0.874. The van der Waals surface area contributed by atoms with Crippen molar-refractivity contribution in [2.45, 2.75) is 32.6 Å². The molecule has 0 atom stereocenters. The van der Waals surface area contributed by atoms with Crippen molar-refractivity contribution in [2.75, 3.05) is 0 Å². The van der Waals surface area contributed by atoms with Gasteiger partial charge in [-0.15, -0.1) is 11.3 Å². The Bertz CT molecular complexity index is 299. The second-order valence-electron chi connectivity index (χ2n) is 3.87. The van der Waals surface area contributed by atoms with E-state index in [4.69, 9.17) is 11.6 Å². The van der Waals surface area contributed by atoms with Crippen LogP contribution in [-0.4, -0.2) is 0 Å². The van der Waals surface area contributed by atoms with Crippen LogP contribution in [0.2, 0.25) is 5.02 Å². The highest BCUT2D eigenvalue weighted by molar-refractivity contribution is 7.12. The first-order valence-corrected chi connectivity index (χ1v) is 5.09. The fraction of sp³-hybridized carbons (Fsp3) is 0.556. The first-order valence-electron chi connectivity index (χ1n) is 3.90. The lowest BCUT2D eigenvalue weighted by Gasteiger charge is -2.15. The Labute approximate surface area is 85.5 Å². The summed E-state index contributed by atoms with van der Waals surface area (Å²) < 4.78 is 24.7. The zero-order chi connectivity index (χ0) is 10.2. The van der Waals surface area contributed by atoms with E-state index in [-0.39, 0.29) is 15.3 Å². The normalized spacial score (nSPS) is 12.5. The van der Waals surface area contributed by atoms with E-state index in [1.165, 1.54) is 0 Å². The van der Waals surface area contributed by atoms with Crippen molar-refractivity contribution in [3.8, 4) is 0 Å². The number of rotatable bonds is 1. The molecule has 1 aromatic heterocycles. The Morgan fingerprint density at radius 3 is 2.15 bits per heavy atom. The zero-order valence-electron chi connectivity index (χ0n) is 7.70. The highest BCUT2D eigenvalue weighted by Crippen LogP contribution is 2.39. The van der Waals surface area contributed by atoms with E-state index in [1.54, 1.807) is 6.07 Å². The van der Waals surface area contributed by atoms with Gasteiger partial charge in [-0.2, -0.15) is 0 Å². The van der Waals surface area contributed by atoms with Crippen LogP contribution in [0.15, 0.2) is 6.07 Å². The van der Waals surface area contributed by atoms with E-state index in [0.29, 0.717) is 0 Å². The Kier molecular flexibility index (Phi) is 2.98. The van der Waals surface area contributed by atoms with Crippen molar-refractivity contribution in [3.63, 3.8) is 0 Å². The fourth-order valence-electron chi connectivity index (χ4n) is 0.901. The molecule has 0 bridgehead atoms. The van der Waals surface area contributed by atoms with Gasteiger partial charge in [0.1, 0.15) is 0 Å². The Hall–Kier alpha value is -0.150. The van der Waals surface area contributed by atoms with Gasteiger partial charge in [-0.1, -0.05) is 32.4 Å². The van der Waals surface area contributed by atoms with Gasteiger partial charge in [0.15, 0.2) is 0 Å². The molecule has 0 aliphatic heterocycles. The van der Waals surface area contributed by atoms with Crippen molar-refractivity contribution >= 4 is 22.9 Å². The van der Waals surface area contributed by atoms with E-state index in [0.717, 1.165) is 16.2 Å². The molecular weight excluding hydrogens is 214 g/mol. The average molecular weight is 225 g/mol. The molecule has 74 valence electrons. The highest BCUT2D eigenvalue weighted by atomic mass is 35.5. The fourth-order valence-corrected chi connectivity index (χ4v) is 2.24. The maximum Gasteiger partial charge on any atom is 0.274 e. The van der Waals surface area contributed by atoms with Crippen LogP contribution in [-0.2, 0) is 5.41 Å². The van der Waals surface area contributed by atoms with E-state index in [1.807, 2.05) is 20.8 Å². The highest BCUT2D eigenvalue weighted by Gasteiger charge is 2.22. The summed E-state index contributed by atoms with van der Waals surface area (Å²) in [5.41, 5.74) is -0.110. The molecule has 0 aromatic carbocycles. The van der Waals surface area contributed by atoms with Crippen molar-refractivity contribution < 1.29 is 8.78 Å². The van der Waals surface area contributed by atoms with Crippen molar-refractivity contribution in [1.29, 1.82) is 0 Å². The number of thiophene rings is 1. The summed E-state index contributed by atoms with van der Waals surface area (Å²) in [6.07, 6.45) is -2.46. The molecule has 0 saturated carbocycles. The Morgan fingerprint density at radius 1 is 1.38 bits per heavy atom. The Balaban J connectivity index is 3.10. The molecule has 0 amide bonds. The third-order valence-corrected chi connectivity index (χ3v) is 3.64. The summed E-state index contributed by atoms with van der Waals surface area (Å²) in [5, 5.41) is 0.185. The predicted molar refractivity (Wildman–Crippen MR) is 53.0 cm³/mol. The largest absolute Gasteiger partial charge is 0.274 e. The lowest BCUT2D eigenvalue weighted by atomic mass is 9.95. The second-order valence-corrected chi connectivity index (χ2v) is 5.36. The van der Waals surface area contributed by atoms with Gasteiger partial charge in [-0.05, 0) is 11.5 Å². The van der Waals surface area contributed by atoms with Gasteiger partial charge in [0.2, 0.25) is 0 Å². The summed E-state index contributed by atoms with van der Waals surface area (Å²) in [5.74, 6) is 0. The van der Waals surface area contributed by atoms with Crippen molar-refractivity contribution in [3.05, 3.63) is 20.8 Å². The predicted octanol–water partition coefficient (Wildman–Crippen LogP) is 4.64. The molecule has 0 radical (unpaired) electrons. The lowest BCUT2D eigenvalue weighted by Crippen LogP contribution is -2.07. The molecule has 4 heteroatoms. The van der Waals surface area contributed by atoms with Gasteiger partial charge in [0, 0.05) is 4.88 Å². The molecule has 0 spiro atoms. The molecule has 0 nitrogen and oxygen atoms in total. The molecular formula is C9H11ClF2S. The van der Waals surface area contributed by atoms with Crippen LogP contribution < -0.4 is 0 Å². The average Bonchev–Trinajstić information content (AvgIpc) is 2.29. The van der Waals surface area contributed by atoms with Gasteiger partial charge >= 0.3 is 0 Å². The third kappa shape index (κ3) is 2.41. The van der Waals surface area contributed by atoms with Crippen LogP contribution >= 0.6 is 22.9 Å². The molecule has 0 N–H and O–H groups in total. The molecule has 0 saturated heterocycles. The van der Waals surface area contributed by atoms with Crippen LogP contribution in [0.1, 0.15) is 37.0 Å². The van der Waals surface area contributed by atoms with Gasteiger partial charge in [0.25, 0.3) is 6.43 Å². The topological polar surface area (TPSA) is 0 Å². The molecule has 1 heterocycles. The quantitative estimate of drug-likeness (QED) is 0.652. The van der Waals surface area contributed by atoms with Crippen molar-refractivity contribution in [2.24, 2.45) is 0 Å². The summed E-state index contributed by atoms with van der Waals surface area (Å²) in [6.45, 7) is 5.93. The first-order chi connectivity index (χ1) is 5.82. The number of hydrogen-bond acceptors (Lipinski definition) is 1. The van der Waals surface area contributed by atoms with E-state index >= 15 is 0 Å². The molecule has 0 aliphatic rings.